The van der Waals surface area contributed by atoms with Gasteiger partial charge in [0, 0.05) is 23.8 Å². The van der Waals surface area contributed by atoms with Gasteiger partial charge in [-0.05, 0) is 37.0 Å². The first-order valence-electron chi connectivity index (χ1n) is 10.6. The van der Waals surface area contributed by atoms with E-state index in [1.54, 1.807) is 0 Å². The third-order valence-electron chi connectivity index (χ3n) is 5.06. The summed E-state index contributed by atoms with van der Waals surface area (Å²) in [5, 5.41) is 2.33. The fourth-order valence-electron chi connectivity index (χ4n) is 3.53. The van der Waals surface area contributed by atoms with E-state index in [4.69, 9.17) is 10.5 Å². The number of benzene rings is 1. The number of ether oxygens (including phenoxy) is 1. The van der Waals surface area contributed by atoms with Crippen molar-refractivity contribution in [2.45, 2.75) is 45.1 Å². The van der Waals surface area contributed by atoms with Crippen LogP contribution < -0.4 is 11.1 Å². The number of alkyl halides is 2. The lowest BCUT2D eigenvalue weighted by molar-refractivity contribution is -0.146. The molecule has 1 aliphatic heterocycles. The molecule has 0 bridgehead atoms. The number of nitrogens with zero attached hydrogens (tertiary/aromatic N) is 2. The van der Waals surface area contributed by atoms with Crippen molar-refractivity contribution in [2.75, 3.05) is 11.9 Å². The molecule has 1 aromatic heterocycles. The molecule has 11 heteroatoms. The number of aromatic nitrogens is 2. The lowest BCUT2D eigenvalue weighted by atomic mass is 10.00. The van der Waals surface area contributed by atoms with Crippen LogP contribution >= 0.6 is 0 Å². The summed E-state index contributed by atoms with van der Waals surface area (Å²) < 4.78 is 60.8. The molecule has 0 saturated carbocycles. The highest BCUT2D eigenvalue weighted by Gasteiger charge is 2.38. The molecule has 1 amide bonds. The van der Waals surface area contributed by atoms with Crippen molar-refractivity contribution in [3.8, 4) is 11.3 Å². The molecule has 2 heterocycles. The van der Waals surface area contributed by atoms with E-state index in [0.29, 0.717) is 6.42 Å². The van der Waals surface area contributed by atoms with E-state index in [9.17, 15) is 27.2 Å². The van der Waals surface area contributed by atoms with Crippen LogP contribution in [0.25, 0.3) is 11.3 Å². The average Bonchev–Trinajstić information content (AvgIpc) is 2.75. The van der Waals surface area contributed by atoms with Gasteiger partial charge >= 0.3 is 0 Å². The van der Waals surface area contributed by atoms with Gasteiger partial charge in [-0.3, -0.25) is 9.59 Å². The molecule has 182 valence electrons. The Morgan fingerprint density at radius 3 is 2.68 bits per heavy atom. The summed E-state index contributed by atoms with van der Waals surface area (Å²) in [6.45, 7) is 2.88. The molecule has 1 aromatic carbocycles. The summed E-state index contributed by atoms with van der Waals surface area (Å²) >= 11 is 0. The van der Waals surface area contributed by atoms with Gasteiger partial charge in [-0.15, -0.1) is 0 Å². The minimum absolute atomic E-state index is 0.0376. The van der Waals surface area contributed by atoms with Crippen molar-refractivity contribution in [2.24, 2.45) is 11.7 Å². The second-order valence-corrected chi connectivity index (χ2v) is 8.44. The summed E-state index contributed by atoms with van der Waals surface area (Å²) in [5.74, 6) is -6.64. The van der Waals surface area contributed by atoms with Gasteiger partial charge in [0.15, 0.2) is 0 Å². The van der Waals surface area contributed by atoms with Crippen molar-refractivity contribution in [1.82, 2.24) is 9.97 Å². The molecule has 0 radical (unpaired) electrons. The topological polar surface area (TPSA) is 107 Å². The molecule has 1 fully saturated rings. The Morgan fingerprint density at radius 2 is 2.03 bits per heavy atom. The van der Waals surface area contributed by atoms with E-state index in [-0.39, 0.29) is 40.7 Å². The molecule has 1 saturated heterocycles. The molecular weight excluding hydrogens is 456 g/mol. The largest absolute Gasteiger partial charge is 0.402 e. The molecular formula is C23H24F4N4O3. The molecule has 7 nitrogen and oxygen atoms in total. The Kier molecular flexibility index (Phi) is 7.65. The van der Waals surface area contributed by atoms with Crippen molar-refractivity contribution in [3.05, 3.63) is 53.6 Å². The first-order valence-corrected chi connectivity index (χ1v) is 10.6. The van der Waals surface area contributed by atoms with Gasteiger partial charge in [-0.2, -0.15) is 0 Å². The molecule has 1 aliphatic rings. The number of hydrogen-bond acceptors (Lipinski definition) is 6. The Morgan fingerprint density at radius 1 is 1.29 bits per heavy atom. The molecule has 0 spiro atoms. The van der Waals surface area contributed by atoms with Crippen molar-refractivity contribution >= 4 is 17.4 Å². The maximum absolute atomic E-state index is 14.5. The van der Waals surface area contributed by atoms with Crippen LogP contribution in [0, 0.1) is 17.6 Å². The van der Waals surface area contributed by atoms with Crippen LogP contribution in [0.5, 0.6) is 0 Å². The van der Waals surface area contributed by atoms with Crippen LogP contribution in [0.2, 0.25) is 0 Å². The number of hydrogen-bond donors (Lipinski definition) is 2. The summed E-state index contributed by atoms with van der Waals surface area (Å²) in [5.41, 5.74) is 5.15. The highest BCUT2D eigenvalue weighted by atomic mass is 19.3. The second-order valence-electron chi connectivity index (χ2n) is 8.44. The number of anilines is 1. The molecule has 0 aliphatic carbocycles. The first kappa shape index (κ1) is 25.3. The van der Waals surface area contributed by atoms with Crippen molar-refractivity contribution < 1.29 is 31.9 Å². The fraction of sp³-hybridized carbons (Fsp3) is 0.391. The Labute approximate surface area is 193 Å². The summed E-state index contributed by atoms with van der Waals surface area (Å²) in [6.07, 6.45) is 0.703. The van der Waals surface area contributed by atoms with Gasteiger partial charge in [0.05, 0.1) is 11.4 Å². The lowest BCUT2D eigenvalue weighted by Gasteiger charge is -2.29. The highest BCUT2D eigenvalue weighted by Crippen LogP contribution is 2.40. The minimum atomic E-state index is -3.03. The van der Waals surface area contributed by atoms with E-state index in [2.05, 4.69) is 15.3 Å². The van der Waals surface area contributed by atoms with Crippen LogP contribution in [-0.4, -0.2) is 34.2 Å². The molecule has 1 atom stereocenters. The maximum atomic E-state index is 14.5. The van der Waals surface area contributed by atoms with Gasteiger partial charge < -0.3 is 15.8 Å². The number of carbonyl (C=O) groups excluding carboxylic acids is 2. The zero-order chi connectivity index (χ0) is 25.0. The van der Waals surface area contributed by atoms with Crippen molar-refractivity contribution in [3.63, 3.8) is 0 Å². The predicted octanol–water partition coefficient (Wildman–Crippen LogP) is 4.30. The van der Waals surface area contributed by atoms with E-state index < -0.39 is 48.4 Å². The SMILES string of the molecule is CC(C)C/C(N)=C/C(=O)C(=O)Nc1c(-c2cc(F)ccc2F)ncnc1C1CCC(F)(F)CO1. The van der Waals surface area contributed by atoms with Crippen molar-refractivity contribution in [1.29, 1.82) is 0 Å². The van der Waals surface area contributed by atoms with Gasteiger partial charge in [0.25, 0.3) is 11.8 Å². The molecule has 3 rings (SSSR count). The second kappa shape index (κ2) is 10.3. The molecule has 34 heavy (non-hydrogen) atoms. The minimum Gasteiger partial charge on any atom is -0.402 e. The standard InChI is InChI=1S/C23H24F4N4O3/c1-12(2)7-14(28)9-17(32)22(33)31-21-19(15-8-13(24)3-4-16(15)25)29-11-30-20(21)18-5-6-23(26,27)10-34-18/h3-4,8-9,11-12,18H,5-7,10,28H2,1-2H3,(H,31,33)/b14-9-. The Balaban J connectivity index is 2.02. The van der Waals surface area contributed by atoms with Crippen LogP contribution in [0.4, 0.5) is 23.2 Å². The van der Waals surface area contributed by atoms with Gasteiger partial charge in [0.1, 0.15) is 36.4 Å². The molecule has 1 unspecified atom stereocenters. The number of rotatable bonds is 7. The van der Waals surface area contributed by atoms with Crippen LogP contribution in [-0.2, 0) is 14.3 Å². The van der Waals surface area contributed by atoms with E-state index in [1.807, 2.05) is 13.8 Å². The van der Waals surface area contributed by atoms with E-state index >= 15 is 0 Å². The first-order chi connectivity index (χ1) is 16.0. The lowest BCUT2D eigenvalue weighted by Crippen LogP contribution is -2.32. The number of amides is 1. The van der Waals surface area contributed by atoms with Crippen LogP contribution in [0.1, 0.15) is 44.9 Å². The number of ketones is 1. The smallest absolute Gasteiger partial charge is 0.296 e. The zero-order valence-electron chi connectivity index (χ0n) is 18.6. The highest BCUT2D eigenvalue weighted by molar-refractivity contribution is 6.45. The normalized spacial score (nSPS) is 18.1. The number of carbonyl (C=O) groups is 2. The maximum Gasteiger partial charge on any atom is 0.296 e. The van der Waals surface area contributed by atoms with E-state index in [0.717, 1.165) is 30.6 Å². The third kappa shape index (κ3) is 6.16. The summed E-state index contributed by atoms with van der Waals surface area (Å²) in [6, 6.07) is 2.63. The quantitative estimate of drug-likeness (QED) is 0.348. The van der Waals surface area contributed by atoms with Gasteiger partial charge in [-0.25, -0.2) is 27.5 Å². The zero-order valence-corrected chi connectivity index (χ0v) is 18.6. The molecule has 2 aromatic rings. The monoisotopic (exact) mass is 480 g/mol. The predicted molar refractivity (Wildman–Crippen MR) is 116 cm³/mol. The number of allylic oxidation sites excluding steroid dienone is 1. The van der Waals surface area contributed by atoms with Gasteiger partial charge in [0.2, 0.25) is 5.78 Å². The summed E-state index contributed by atoms with van der Waals surface area (Å²) in [4.78, 5) is 33.1. The van der Waals surface area contributed by atoms with Crippen LogP contribution in [0.3, 0.4) is 0 Å². The van der Waals surface area contributed by atoms with Gasteiger partial charge in [-0.1, -0.05) is 13.8 Å². The number of halogens is 4. The Bertz CT molecular complexity index is 1110. The number of nitrogens with two attached hydrogens (primary N) is 1. The fourth-order valence-corrected chi connectivity index (χ4v) is 3.53. The van der Waals surface area contributed by atoms with Crippen LogP contribution in [0.15, 0.2) is 36.3 Å². The third-order valence-corrected chi connectivity index (χ3v) is 5.06. The van der Waals surface area contributed by atoms with E-state index in [1.165, 1.54) is 0 Å². The number of nitrogens with one attached hydrogen (secondary N) is 1. The molecule has 3 N–H and O–H groups in total. The summed E-state index contributed by atoms with van der Waals surface area (Å²) in [7, 11) is 0. The Hall–Kier alpha value is -3.34. The average molecular weight is 480 g/mol.